The molecular formula is C16H24N2O2. The number of hydrogen-bond acceptors (Lipinski definition) is 3. The van der Waals surface area contributed by atoms with Crippen molar-refractivity contribution in [3.05, 3.63) is 35.9 Å². The van der Waals surface area contributed by atoms with Crippen LogP contribution in [0.2, 0.25) is 0 Å². The van der Waals surface area contributed by atoms with E-state index in [0.717, 1.165) is 31.2 Å². The first kappa shape index (κ1) is 15.0. The minimum atomic E-state index is -0.718. The van der Waals surface area contributed by atoms with Crippen molar-refractivity contribution >= 4 is 5.91 Å². The van der Waals surface area contributed by atoms with Gasteiger partial charge in [0.2, 0.25) is 5.91 Å². The van der Waals surface area contributed by atoms with Gasteiger partial charge in [0.1, 0.15) is 0 Å². The topological polar surface area (TPSA) is 75.4 Å². The maximum Gasteiger partial charge on any atom is 0.222 e. The van der Waals surface area contributed by atoms with Gasteiger partial charge in [-0.2, -0.15) is 0 Å². The molecule has 1 aliphatic rings. The summed E-state index contributed by atoms with van der Waals surface area (Å²) in [5.74, 6) is -0.0969. The number of amides is 1. The zero-order chi connectivity index (χ0) is 14.4. The summed E-state index contributed by atoms with van der Waals surface area (Å²) in [6.45, 7) is 0.341. The van der Waals surface area contributed by atoms with Crippen molar-refractivity contribution in [1.29, 1.82) is 0 Å². The third kappa shape index (κ3) is 4.32. The molecule has 1 saturated carbocycles. The minimum Gasteiger partial charge on any atom is -0.388 e. The molecule has 4 nitrogen and oxygen atoms in total. The molecule has 1 fully saturated rings. The lowest BCUT2D eigenvalue weighted by atomic mass is 9.85. The Hall–Kier alpha value is -1.39. The molecule has 4 N–H and O–H groups in total. The average molecular weight is 276 g/mol. The van der Waals surface area contributed by atoms with Gasteiger partial charge in [0, 0.05) is 19.0 Å². The standard InChI is InChI=1S/C16H24N2O2/c17-14(13-7-3-1-4-8-13)11-15(19)18-12-16(20)9-5-2-6-10-16/h1,3-4,7-8,14,20H,2,5-6,9-12,17H2,(H,18,19). The summed E-state index contributed by atoms with van der Waals surface area (Å²) < 4.78 is 0. The number of nitrogens with two attached hydrogens (primary N) is 1. The van der Waals surface area contributed by atoms with Crippen molar-refractivity contribution in [2.24, 2.45) is 5.73 Å². The highest BCUT2D eigenvalue weighted by Crippen LogP contribution is 2.27. The predicted molar refractivity (Wildman–Crippen MR) is 79.0 cm³/mol. The Bertz CT molecular complexity index is 427. The van der Waals surface area contributed by atoms with Crippen LogP contribution in [0.3, 0.4) is 0 Å². The molecule has 0 bridgehead atoms. The molecule has 1 aromatic carbocycles. The molecule has 1 atom stereocenters. The Morgan fingerprint density at radius 2 is 1.90 bits per heavy atom. The second kappa shape index (κ2) is 6.86. The van der Waals surface area contributed by atoms with Gasteiger partial charge in [-0.1, -0.05) is 49.6 Å². The van der Waals surface area contributed by atoms with E-state index in [4.69, 9.17) is 5.73 Å². The van der Waals surface area contributed by atoms with E-state index >= 15 is 0 Å². The molecule has 4 heteroatoms. The van der Waals surface area contributed by atoms with E-state index in [-0.39, 0.29) is 18.4 Å². The van der Waals surface area contributed by atoms with Crippen LogP contribution in [-0.4, -0.2) is 23.2 Å². The molecule has 110 valence electrons. The third-order valence-corrected chi connectivity index (χ3v) is 4.03. The lowest BCUT2D eigenvalue weighted by Crippen LogP contribution is -2.44. The lowest BCUT2D eigenvalue weighted by molar-refractivity contribution is -0.123. The van der Waals surface area contributed by atoms with Gasteiger partial charge < -0.3 is 16.2 Å². The first-order chi connectivity index (χ1) is 9.59. The highest BCUT2D eigenvalue weighted by molar-refractivity contribution is 5.76. The molecule has 20 heavy (non-hydrogen) atoms. The fourth-order valence-corrected chi connectivity index (χ4v) is 2.74. The normalized spacial score (nSPS) is 19.3. The van der Waals surface area contributed by atoms with Gasteiger partial charge in [-0.25, -0.2) is 0 Å². The second-order valence-corrected chi connectivity index (χ2v) is 5.78. The first-order valence-electron chi connectivity index (χ1n) is 7.39. The highest BCUT2D eigenvalue weighted by Gasteiger charge is 2.29. The predicted octanol–water partition coefficient (Wildman–Crippen LogP) is 1.89. The molecule has 0 spiro atoms. The second-order valence-electron chi connectivity index (χ2n) is 5.78. The molecule has 1 aliphatic carbocycles. The minimum absolute atomic E-state index is 0.0969. The Labute approximate surface area is 120 Å². The number of carbonyl (C=O) groups excluding carboxylic acids is 1. The van der Waals surface area contributed by atoms with Crippen LogP contribution in [0.15, 0.2) is 30.3 Å². The van der Waals surface area contributed by atoms with E-state index in [0.29, 0.717) is 6.54 Å². The molecule has 0 radical (unpaired) electrons. The van der Waals surface area contributed by atoms with Gasteiger partial charge in [-0.05, 0) is 18.4 Å². The maximum absolute atomic E-state index is 11.9. The van der Waals surface area contributed by atoms with Gasteiger partial charge in [0.25, 0.3) is 0 Å². The van der Waals surface area contributed by atoms with Crippen LogP contribution < -0.4 is 11.1 Å². The van der Waals surface area contributed by atoms with Gasteiger partial charge in [0.15, 0.2) is 0 Å². The summed E-state index contributed by atoms with van der Waals surface area (Å²) in [6, 6.07) is 9.31. The Morgan fingerprint density at radius 1 is 1.25 bits per heavy atom. The quantitative estimate of drug-likeness (QED) is 0.768. The number of rotatable bonds is 5. The van der Waals surface area contributed by atoms with Crippen molar-refractivity contribution < 1.29 is 9.90 Å². The van der Waals surface area contributed by atoms with Crippen molar-refractivity contribution in [2.45, 2.75) is 50.2 Å². The lowest BCUT2D eigenvalue weighted by Gasteiger charge is -2.32. The smallest absolute Gasteiger partial charge is 0.222 e. The van der Waals surface area contributed by atoms with Crippen LogP contribution in [0.25, 0.3) is 0 Å². The van der Waals surface area contributed by atoms with Crippen molar-refractivity contribution in [3.8, 4) is 0 Å². The van der Waals surface area contributed by atoms with Crippen LogP contribution in [0.1, 0.15) is 50.1 Å². The summed E-state index contributed by atoms with van der Waals surface area (Å²) in [5, 5.41) is 13.1. The van der Waals surface area contributed by atoms with E-state index in [1.54, 1.807) is 0 Å². The molecule has 1 aromatic rings. The number of benzene rings is 1. The highest BCUT2D eigenvalue weighted by atomic mass is 16.3. The van der Waals surface area contributed by atoms with E-state index in [1.807, 2.05) is 30.3 Å². The average Bonchev–Trinajstić information content (AvgIpc) is 2.47. The molecule has 2 rings (SSSR count). The number of nitrogens with one attached hydrogen (secondary N) is 1. The Morgan fingerprint density at radius 3 is 2.55 bits per heavy atom. The molecular weight excluding hydrogens is 252 g/mol. The summed E-state index contributed by atoms with van der Waals surface area (Å²) in [6.07, 6.45) is 5.05. The fourth-order valence-electron chi connectivity index (χ4n) is 2.74. The fraction of sp³-hybridized carbons (Fsp3) is 0.562. The van der Waals surface area contributed by atoms with Crippen LogP contribution in [0.5, 0.6) is 0 Å². The first-order valence-corrected chi connectivity index (χ1v) is 7.39. The Balaban J connectivity index is 1.78. The molecule has 0 saturated heterocycles. The monoisotopic (exact) mass is 276 g/mol. The number of hydrogen-bond donors (Lipinski definition) is 3. The zero-order valence-electron chi connectivity index (χ0n) is 11.8. The largest absolute Gasteiger partial charge is 0.388 e. The van der Waals surface area contributed by atoms with Gasteiger partial charge in [-0.3, -0.25) is 4.79 Å². The Kier molecular flexibility index (Phi) is 5.15. The van der Waals surface area contributed by atoms with Gasteiger partial charge >= 0.3 is 0 Å². The van der Waals surface area contributed by atoms with Crippen molar-refractivity contribution in [1.82, 2.24) is 5.32 Å². The molecule has 1 amide bonds. The van der Waals surface area contributed by atoms with E-state index in [1.165, 1.54) is 6.42 Å². The summed E-state index contributed by atoms with van der Waals surface area (Å²) >= 11 is 0. The van der Waals surface area contributed by atoms with Crippen LogP contribution in [0.4, 0.5) is 0 Å². The molecule has 0 aliphatic heterocycles. The van der Waals surface area contributed by atoms with Crippen LogP contribution in [0, 0.1) is 0 Å². The molecule has 0 heterocycles. The van der Waals surface area contributed by atoms with E-state index in [9.17, 15) is 9.90 Å². The van der Waals surface area contributed by atoms with Crippen molar-refractivity contribution in [2.75, 3.05) is 6.54 Å². The van der Waals surface area contributed by atoms with Crippen molar-refractivity contribution in [3.63, 3.8) is 0 Å². The third-order valence-electron chi connectivity index (χ3n) is 4.03. The summed E-state index contributed by atoms with van der Waals surface area (Å²) in [7, 11) is 0. The maximum atomic E-state index is 11.9. The number of aliphatic hydroxyl groups is 1. The van der Waals surface area contributed by atoms with Gasteiger partial charge in [-0.15, -0.1) is 0 Å². The SMILES string of the molecule is NC(CC(=O)NCC1(O)CCCCC1)c1ccccc1. The van der Waals surface area contributed by atoms with Crippen LogP contribution in [-0.2, 0) is 4.79 Å². The van der Waals surface area contributed by atoms with Gasteiger partial charge in [0.05, 0.1) is 5.60 Å². The molecule has 0 aromatic heterocycles. The summed E-state index contributed by atoms with van der Waals surface area (Å²) in [5.41, 5.74) is 6.25. The zero-order valence-corrected chi connectivity index (χ0v) is 11.8. The van der Waals surface area contributed by atoms with Crippen LogP contribution >= 0.6 is 0 Å². The number of carbonyl (C=O) groups is 1. The van der Waals surface area contributed by atoms with E-state index < -0.39 is 5.60 Å². The molecule has 1 unspecified atom stereocenters. The summed E-state index contributed by atoms with van der Waals surface area (Å²) in [4.78, 5) is 11.9. The van der Waals surface area contributed by atoms with E-state index in [2.05, 4.69) is 5.32 Å².